The minimum Gasteiger partial charge on any atom is -0.283 e. The molecule has 1 saturated carbocycles. The third-order valence-electron chi connectivity index (χ3n) is 4.39. The molecule has 1 N–H and O–H groups in total. The molecular weight excluding hydrogens is 600 g/mol. The zero-order valence-electron chi connectivity index (χ0n) is 14.9. The van der Waals surface area contributed by atoms with E-state index < -0.39 is 68.4 Å². The van der Waals surface area contributed by atoms with Crippen molar-refractivity contribution in [2.24, 2.45) is 0 Å². The van der Waals surface area contributed by atoms with Crippen molar-refractivity contribution in [3.8, 4) is 0 Å². The number of hydrogen-bond acceptors (Lipinski definition) is 2. The molecule has 0 aromatic heterocycles. The molecule has 198 valence electrons. The van der Waals surface area contributed by atoms with Crippen molar-refractivity contribution < 1.29 is 148 Å². The smallest absolute Gasteiger partial charge is 0.283 e. The first kappa shape index (κ1) is 34.2. The zero-order valence-corrected chi connectivity index (χ0v) is 18.8. The minimum absolute atomic E-state index is 0. The van der Waals surface area contributed by atoms with E-state index in [0.717, 1.165) is 0 Å². The molecule has 0 radical (unpaired) electrons. The molecule has 0 heterocycles. The molecular formula is C10HF19KO3S+. The number of hydrogen-bond donors (Lipinski definition) is 1. The van der Waals surface area contributed by atoms with Crippen molar-refractivity contribution >= 4 is 10.1 Å². The molecule has 1 fully saturated rings. The van der Waals surface area contributed by atoms with Crippen molar-refractivity contribution in [1.29, 1.82) is 0 Å². The van der Waals surface area contributed by atoms with E-state index in [1.165, 1.54) is 0 Å². The Balaban J connectivity index is 0.0000109. The number of rotatable bonds is 4. The van der Waals surface area contributed by atoms with Gasteiger partial charge in [-0.05, 0) is 0 Å². The number of alkyl halides is 19. The molecule has 0 saturated heterocycles. The molecule has 3 nitrogen and oxygen atoms in total. The quantitative estimate of drug-likeness (QED) is 0.306. The van der Waals surface area contributed by atoms with Crippen LogP contribution in [-0.4, -0.2) is 71.3 Å². The molecule has 0 bridgehead atoms. The van der Waals surface area contributed by atoms with Gasteiger partial charge in [0.25, 0.3) is 0 Å². The van der Waals surface area contributed by atoms with E-state index in [4.69, 9.17) is 4.55 Å². The SMILES string of the molecule is O=S(=O)(O)C1(F)C(F)(F)C(F)(F)C(F)(C(F)(F)C(F)(F)C(F)(F)C(F)(F)F)C(F)(F)C1(F)F.[K+]. The van der Waals surface area contributed by atoms with Gasteiger partial charge in [0.05, 0.1) is 0 Å². The van der Waals surface area contributed by atoms with Crippen molar-refractivity contribution in [3.05, 3.63) is 0 Å². The first-order valence-corrected chi connectivity index (χ1v) is 8.25. The average molecular weight is 601 g/mol. The van der Waals surface area contributed by atoms with E-state index in [-0.39, 0.29) is 51.4 Å². The topological polar surface area (TPSA) is 54.4 Å². The fourth-order valence-electron chi connectivity index (χ4n) is 2.54. The van der Waals surface area contributed by atoms with Crippen LogP contribution in [-0.2, 0) is 10.1 Å². The van der Waals surface area contributed by atoms with Gasteiger partial charge in [0, 0.05) is 0 Å². The Morgan fingerprint density at radius 3 is 1.00 bits per heavy atom. The zero-order chi connectivity index (χ0) is 27.5. The van der Waals surface area contributed by atoms with Crippen LogP contribution in [0.1, 0.15) is 0 Å². The molecule has 0 unspecified atom stereocenters. The molecule has 1 rings (SSSR count). The van der Waals surface area contributed by atoms with Gasteiger partial charge < -0.3 is 0 Å². The molecule has 1 aliphatic carbocycles. The summed E-state index contributed by atoms with van der Waals surface area (Å²) in [5.41, 5.74) is -9.28. The summed E-state index contributed by atoms with van der Waals surface area (Å²) in [6.07, 6.45) is -8.10. The summed E-state index contributed by atoms with van der Waals surface area (Å²) >= 11 is 0. The Labute approximate surface area is 215 Å². The Kier molecular flexibility index (Phi) is 7.91. The molecule has 34 heavy (non-hydrogen) atoms. The Bertz CT molecular complexity index is 893. The van der Waals surface area contributed by atoms with Crippen LogP contribution >= 0.6 is 0 Å². The van der Waals surface area contributed by atoms with Crippen molar-refractivity contribution in [2.45, 2.75) is 58.3 Å². The fourth-order valence-corrected chi connectivity index (χ4v) is 3.44. The van der Waals surface area contributed by atoms with Gasteiger partial charge in [-0.3, -0.25) is 4.55 Å². The second-order valence-electron chi connectivity index (χ2n) is 6.25. The van der Waals surface area contributed by atoms with E-state index in [0.29, 0.717) is 0 Å². The average Bonchev–Trinajstić information content (AvgIpc) is 2.55. The first-order chi connectivity index (χ1) is 13.8. The van der Waals surface area contributed by atoms with Gasteiger partial charge in [0.1, 0.15) is 0 Å². The van der Waals surface area contributed by atoms with Crippen LogP contribution in [0.15, 0.2) is 0 Å². The van der Waals surface area contributed by atoms with Crippen molar-refractivity contribution in [2.75, 3.05) is 0 Å². The summed E-state index contributed by atoms with van der Waals surface area (Å²) in [5.74, 6) is -62.2. The van der Waals surface area contributed by atoms with Crippen LogP contribution in [0.5, 0.6) is 0 Å². The monoisotopic (exact) mass is 601 g/mol. The maximum Gasteiger partial charge on any atom is 1.00 e. The van der Waals surface area contributed by atoms with Crippen LogP contribution in [0, 0.1) is 0 Å². The minimum atomic E-state index is -9.31. The normalized spacial score (nSPS) is 31.5. The Morgan fingerprint density at radius 1 is 0.529 bits per heavy atom. The van der Waals surface area contributed by atoms with E-state index in [2.05, 4.69) is 0 Å². The summed E-state index contributed by atoms with van der Waals surface area (Å²) in [4.78, 5) is 0. The summed E-state index contributed by atoms with van der Waals surface area (Å²) in [6, 6.07) is 0. The second-order valence-corrected chi connectivity index (χ2v) is 7.76. The van der Waals surface area contributed by atoms with Gasteiger partial charge >= 0.3 is 120 Å². The van der Waals surface area contributed by atoms with Gasteiger partial charge in [-0.25, -0.2) is 8.78 Å². The summed E-state index contributed by atoms with van der Waals surface area (Å²) < 4.78 is 282. The van der Waals surface area contributed by atoms with Crippen LogP contribution in [0.4, 0.5) is 83.4 Å². The van der Waals surface area contributed by atoms with Gasteiger partial charge in [-0.15, -0.1) is 0 Å². The molecule has 0 atom stereocenters. The van der Waals surface area contributed by atoms with Crippen LogP contribution in [0.2, 0.25) is 0 Å². The first-order valence-electron chi connectivity index (χ1n) is 6.81. The van der Waals surface area contributed by atoms with Gasteiger partial charge in [0.2, 0.25) is 0 Å². The van der Waals surface area contributed by atoms with E-state index in [9.17, 15) is 91.8 Å². The van der Waals surface area contributed by atoms with Crippen molar-refractivity contribution in [1.82, 2.24) is 0 Å². The maximum atomic E-state index is 14.2. The summed E-state index contributed by atoms with van der Waals surface area (Å²) in [5, 5.41) is -8.23. The van der Waals surface area contributed by atoms with Crippen molar-refractivity contribution in [3.63, 3.8) is 0 Å². The molecule has 0 aromatic carbocycles. The molecule has 0 amide bonds. The molecule has 0 aromatic rings. The second kappa shape index (κ2) is 7.86. The Morgan fingerprint density at radius 2 is 0.794 bits per heavy atom. The third kappa shape index (κ3) is 3.19. The molecule has 0 aliphatic heterocycles. The summed E-state index contributed by atoms with van der Waals surface area (Å²) in [7, 11) is -8.42. The molecule has 0 spiro atoms. The largest absolute Gasteiger partial charge is 1.00 e. The van der Waals surface area contributed by atoms with Gasteiger partial charge in [0.15, 0.2) is 0 Å². The molecule has 1 aliphatic rings. The van der Waals surface area contributed by atoms with E-state index in [1.54, 1.807) is 0 Å². The maximum absolute atomic E-state index is 14.2. The summed E-state index contributed by atoms with van der Waals surface area (Å²) in [6.45, 7) is 0. The van der Waals surface area contributed by atoms with E-state index >= 15 is 0 Å². The third-order valence-corrected chi connectivity index (χ3v) is 5.62. The van der Waals surface area contributed by atoms with Gasteiger partial charge in [-0.1, -0.05) is 0 Å². The predicted molar refractivity (Wildman–Crippen MR) is 59.9 cm³/mol. The molecule has 24 heteroatoms. The van der Waals surface area contributed by atoms with E-state index in [1.807, 2.05) is 0 Å². The van der Waals surface area contributed by atoms with Crippen LogP contribution in [0.25, 0.3) is 0 Å². The Hall–Kier alpha value is 0.216. The predicted octanol–water partition coefficient (Wildman–Crippen LogP) is 2.28. The standard InChI is InChI=1S/C10HF19O3S.K/c11-1(2(12,13)5(18,19)8(24,25)10(27,28)29)3(14,15)6(20,21)9(26,33(30,31)32)7(22,23)4(1,16)17;/h(H,30,31,32);/q;+1. The van der Waals surface area contributed by atoms with Crippen LogP contribution < -0.4 is 51.4 Å². The fraction of sp³-hybridized carbons (Fsp3) is 1.00. The van der Waals surface area contributed by atoms with Crippen LogP contribution in [0.3, 0.4) is 0 Å². The number of halogens is 19. The van der Waals surface area contributed by atoms with Gasteiger partial charge in [-0.2, -0.15) is 83.1 Å².